The molecule has 21 heavy (non-hydrogen) atoms. The Kier molecular flexibility index (Phi) is 10.0. The lowest BCUT2D eigenvalue weighted by Crippen LogP contribution is -2.41. The van der Waals surface area contributed by atoms with E-state index in [4.69, 9.17) is 9.47 Å². The summed E-state index contributed by atoms with van der Waals surface area (Å²) < 4.78 is 10.2. The van der Waals surface area contributed by atoms with Crippen LogP contribution in [0.1, 0.15) is 53.4 Å². The molecule has 0 N–H and O–H groups in total. The molecule has 0 aromatic rings. The average molecular weight is 294 g/mol. The number of hydrogen-bond donors (Lipinski definition) is 0. The van der Waals surface area contributed by atoms with Gasteiger partial charge in [-0.1, -0.05) is 19.1 Å². The maximum Gasteiger partial charge on any atom is 0.324 e. The van der Waals surface area contributed by atoms with Crippen LogP contribution in [-0.2, 0) is 19.1 Å². The van der Waals surface area contributed by atoms with Gasteiger partial charge in [0.1, 0.15) is 0 Å². The summed E-state index contributed by atoms with van der Waals surface area (Å²) in [6.45, 7) is 7.73. The topological polar surface area (TPSA) is 52.6 Å². The van der Waals surface area contributed by atoms with E-state index in [0.29, 0.717) is 0 Å². The third-order valence-corrected chi connectivity index (χ3v) is 2.92. The van der Waals surface area contributed by atoms with E-state index in [0.717, 1.165) is 12.8 Å². The van der Waals surface area contributed by atoms with Crippen molar-refractivity contribution in [2.24, 2.45) is 5.41 Å². The number of hydrogen-bond acceptors (Lipinski definition) is 4. The Bertz CT molecular complexity index is 394. The number of carbonyl (C=O) groups is 2. The lowest BCUT2D eigenvalue weighted by molar-refractivity contribution is -0.171. The van der Waals surface area contributed by atoms with Gasteiger partial charge in [0.15, 0.2) is 5.41 Å². The molecule has 4 heteroatoms. The quantitative estimate of drug-likeness (QED) is 0.298. The summed E-state index contributed by atoms with van der Waals surface area (Å²) in [5.74, 6) is 4.77. The molecule has 118 valence electrons. The van der Waals surface area contributed by atoms with Gasteiger partial charge in [-0.15, -0.1) is 11.8 Å². The average Bonchev–Trinajstić information content (AvgIpc) is 2.47. The fourth-order valence-corrected chi connectivity index (χ4v) is 1.75. The molecule has 0 amide bonds. The van der Waals surface area contributed by atoms with E-state index in [2.05, 4.69) is 11.8 Å². The second kappa shape index (κ2) is 11.0. The number of rotatable bonds is 8. The second-order valence-electron chi connectivity index (χ2n) is 4.58. The van der Waals surface area contributed by atoms with Crippen molar-refractivity contribution < 1.29 is 19.1 Å². The van der Waals surface area contributed by atoms with Crippen molar-refractivity contribution in [3.05, 3.63) is 12.2 Å². The van der Waals surface area contributed by atoms with Crippen molar-refractivity contribution in [3.63, 3.8) is 0 Å². The highest BCUT2D eigenvalue weighted by Gasteiger charge is 2.47. The summed E-state index contributed by atoms with van der Waals surface area (Å²) in [6, 6.07) is 0. The number of allylic oxidation sites excluding steroid dienone is 2. The van der Waals surface area contributed by atoms with Crippen LogP contribution in [0, 0.1) is 17.3 Å². The SMILES string of the molecule is C/C=C/CC(CC#CCCC)(C(=O)OCC)C(=O)OCC. The van der Waals surface area contributed by atoms with E-state index >= 15 is 0 Å². The molecule has 0 aliphatic heterocycles. The Morgan fingerprint density at radius 3 is 2.05 bits per heavy atom. The summed E-state index contributed by atoms with van der Waals surface area (Å²) >= 11 is 0. The first-order chi connectivity index (χ1) is 10.1. The lowest BCUT2D eigenvalue weighted by Gasteiger charge is -2.26. The van der Waals surface area contributed by atoms with E-state index in [1.807, 2.05) is 13.8 Å². The van der Waals surface area contributed by atoms with E-state index < -0.39 is 17.4 Å². The van der Waals surface area contributed by atoms with Gasteiger partial charge in [0.2, 0.25) is 0 Å². The highest BCUT2D eigenvalue weighted by molar-refractivity contribution is 6.00. The highest BCUT2D eigenvalue weighted by atomic mass is 16.6. The molecule has 0 heterocycles. The fourth-order valence-electron chi connectivity index (χ4n) is 1.75. The van der Waals surface area contributed by atoms with Crippen LogP contribution in [0.4, 0.5) is 0 Å². The maximum atomic E-state index is 12.3. The Hall–Kier alpha value is -1.76. The zero-order chi connectivity index (χ0) is 16.1. The van der Waals surface area contributed by atoms with Crippen molar-refractivity contribution in [3.8, 4) is 11.8 Å². The molecule has 0 aromatic carbocycles. The first kappa shape index (κ1) is 19.2. The number of unbranched alkanes of at least 4 members (excludes halogenated alkanes) is 1. The Balaban J connectivity index is 5.44. The smallest absolute Gasteiger partial charge is 0.324 e. The Morgan fingerprint density at radius 1 is 1.05 bits per heavy atom. The summed E-state index contributed by atoms with van der Waals surface area (Å²) in [4.78, 5) is 24.7. The molecular weight excluding hydrogens is 268 g/mol. The largest absolute Gasteiger partial charge is 0.465 e. The van der Waals surface area contributed by atoms with Crippen molar-refractivity contribution >= 4 is 11.9 Å². The molecule has 0 unspecified atom stereocenters. The minimum Gasteiger partial charge on any atom is -0.465 e. The van der Waals surface area contributed by atoms with Gasteiger partial charge in [-0.25, -0.2) is 0 Å². The van der Waals surface area contributed by atoms with Crippen molar-refractivity contribution in [1.82, 2.24) is 0 Å². The van der Waals surface area contributed by atoms with Gasteiger partial charge < -0.3 is 9.47 Å². The normalized spacial score (nSPS) is 10.9. The fraction of sp³-hybridized carbons (Fsp3) is 0.647. The van der Waals surface area contributed by atoms with E-state index in [1.54, 1.807) is 26.0 Å². The van der Waals surface area contributed by atoms with Crippen LogP contribution in [0.3, 0.4) is 0 Å². The van der Waals surface area contributed by atoms with Gasteiger partial charge in [0.25, 0.3) is 0 Å². The zero-order valence-electron chi connectivity index (χ0n) is 13.5. The molecule has 0 fully saturated rings. The molecule has 0 atom stereocenters. The van der Waals surface area contributed by atoms with Crippen LogP contribution in [0.2, 0.25) is 0 Å². The van der Waals surface area contributed by atoms with Crippen molar-refractivity contribution in [2.45, 2.75) is 53.4 Å². The summed E-state index contributed by atoms with van der Waals surface area (Å²) in [6.07, 6.45) is 5.61. The van der Waals surface area contributed by atoms with Gasteiger partial charge in [-0.3, -0.25) is 9.59 Å². The van der Waals surface area contributed by atoms with Crippen LogP contribution in [0.5, 0.6) is 0 Å². The molecule has 0 aliphatic rings. The minimum absolute atomic E-state index is 0.120. The van der Waals surface area contributed by atoms with Crippen LogP contribution >= 0.6 is 0 Å². The molecule has 0 saturated carbocycles. The predicted molar refractivity (Wildman–Crippen MR) is 82.4 cm³/mol. The monoisotopic (exact) mass is 294 g/mol. The van der Waals surface area contributed by atoms with Gasteiger partial charge in [-0.05, 0) is 33.6 Å². The second-order valence-corrected chi connectivity index (χ2v) is 4.58. The maximum absolute atomic E-state index is 12.3. The molecule has 0 saturated heterocycles. The molecule has 0 bridgehead atoms. The molecule has 0 radical (unpaired) electrons. The zero-order valence-corrected chi connectivity index (χ0v) is 13.5. The molecule has 0 aromatic heterocycles. The van der Waals surface area contributed by atoms with Crippen LogP contribution in [-0.4, -0.2) is 25.2 Å². The van der Waals surface area contributed by atoms with E-state index in [9.17, 15) is 9.59 Å². The summed E-state index contributed by atoms with van der Waals surface area (Å²) in [5, 5.41) is 0. The predicted octanol–water partition coefficient (Wildman–Crippen LogP) is 3.26. The molecule has 0 spiro atoms. The van der Waals surface area contributed by atoms with Gasteiger partial charge >= 0.3 is 11.9 Å². The standard InChI is InChI=1S/C17H26O4/c1-5-9-11-12-14-17(13-10-6-2,15(18)20-7-3)16(19)21-8-4/h6,10H,5,7-9,13-14H2,1-4H3/b10-6+. The van der Waals surface area contributed by atoms with Crippen molar-refractivity contribution in [2.75, 3.05) is 13.2 Å². The first-order valence-corrected chi connectivity index (χ1v) is 7.50. The van der Waals surface area contributed by atoms with Gasteiger partial charge in [0.05, 0.1) is 13.2 Å². The number of ether oxygens (including phenoxy) is 2. The minimum atomic E-state index is -1.36. The third-order valence-electron chi connectivity index (χ3n) is 2.92. The highest BCUT2D eigenvalue weighted by Crippen LogP contribution is 2.31. The van der Waals surface area contributed by atoms with E-state index in [-0.39, 0.29) is 26.1 Å². The number of esters is 2. The van der Waals surface area contributed by atoms with Gasteiger partial charge in [0, 0.05) is 12.8 Å². The van der Waals surface area contributed by atoms with Crippen molar-refractivity contribution in [1.29, 1.82) is 0 Å². The first-order valence-electron chi connectivity index (χ1n) is 7.50. The Labute approximate surface area is 127 Å². The molecule has 0 aliphatic carbocycles. The number of carbonyl (C=O) groups excluding carboxylic acids is 2. The Morgan fingerprint density at radius 2 is 1.62 bits per heavy atom. The summed E-state index contributed by atoms with van der Waals surface area (Å²) in [5.41, 5.74) is -1.36. The molecule has 0 rings (SSSR count). The van der Waals surface area contributed by atoms with Crippen LogP contribution < -0.4 is 0 Å². The molecule has 4 nitrogen and oxygen atoms in total. The van der Waals surface area contributed by atoms with Gasteiger partial charge in [-0.2, -0.15) is 0 Å². The van der Waals surface area contributed by atoms with Crippen LogP contribution in [0.15, 0.2) is 12.2 Å². The van der Waals surface area contributed by atoms with E-state index in [1.165, 1.54) is 0 Å². The van der Waals surface area contributed by atoms with Crippen LogP contribution in [0.25, 0.3) is 0 Å². The molecular formula is C17H26O4. The lowest BCUT2D eigenvalue weighted by atomic mass is 9.81. The summed E-state index contributed by atoms with van der Waals surface area (Å²) in [7, 11) is 0. The third kappa shape index (κ3) is 6.03.